The first-order valence-electron chi connectivity index (χ1n) is 5.79. The second-order valence-corrected chi connectivity index (χ2v) is 6.80. The summed E-state index contributed by atoms with van der Waals surface area (Å²) in [5.41, 5.74) is -0.187. The zero-order chi connectivity index (χ0) is 12.1. The van der Waals surface area contributed by atoms with E-state index < -0.39 is 9.45 Å². The molecule has 0 bridgehead atoms. The first-order valence-corrected chi connectivity index (χ1v) is 7.31. The zero-order valence-corrected chi connectivity index (χ0v) is 12.5. The highest BCUT2D eigenvalue weighted by atomic mass is 28.3. The molecule has 4 heteroatoms. The summed E-state index contributed by atoms with van der Waals surface area (Å²) < 4.78 is 12.0. The van der Waals surface area contributed by atoms with Crippen molar-refractivity contribution in [2.24, 2.45) is 0 Å². The predicted octanol–water partition coefficient (Wildman–Crippen LogP) is 2.33. The van der Waals surface area contributed by atoms with Crippen molar-refractivity contribution in [1.82, 2.24) is 4.98 Å². The molecule has 0 heterocycles. The van der Waals surface area contributed by atoms with Crippen LogP contribution < -0.4 is 4.98 Å². The molecule has 15 heavy (non-hydrogen) atoms. The largest absolute Gasteiger partial charge is 0.408 e. The van der Waals surface area contributed by atoms with E-state index in [-0.39, 0.29) is 11.2 Å². The SMILES string of the molecule is CCC(C)(C)O[SiH](NC)OC(C)(C)CC. The summed E-state index contributed by atoms with van der Waals surface area (Å²) in [7, 11) is 0.163. The summed E-state index contributed by atoms with van der Waals surface area (Å²) in [5.74, 6) is 0. The summed E-state index contributed by atoms with van der Waals surface area (Å²) in [6.07, 6.45) is 1.99. The molecular formula is C11H27NO2Si. The molecule has 1 N–H and O–H groups in total. The molecule has 0 aromatic heterocycles. The van der Waals surface area contributed by atoms with Crippen LogP contribution in [-0.2, 0) is 8.85 Å². The lowest BCUT2D eigenvalue weighted by molar-refractivity contribution is 0.00938. The van der Waals surface area contributed by atoms with E-state index in [1.54, 1.807) is 0 Å². The van der Waals surface area contributed by atoms with Crippen molar-refractivity contribution in [3.63, 3.8) is 0 Å². The summed E-state index contributed by atoms with van der Waals surface area (Å²) in [4.78, 5) is 3.18. The van der Waals surface area contributed by atoms with Gasteiger partial charge in [-0.1, -0.05) is 13.8 Å². The minimum atomic E-state index is -1.75. The van der Waals surface area contributed by atoms with Crippen LogP contribution >= 0.6 is 0 Å². The Bertz CT molecular complexity index is 165. The Kier molecular flexibility index (Phi) is 6.03. The van der Waals surface area contributed by atoms with Gasteiger partial charge in [0.05, 0.1) is 11.2 Å². The standard InChI is InChI=1S/C11H27NO2Si/c1-8-10(3,4)13-15(12-7)14-11(5,6)9-2/h12,15H,8-9H2,1-7H3. The molecule has 0 fully saturated rings. The highest BCUT2D eigenvalue weighted by Gasteiger charge is 2.28. The molecule has 0 amide bonds. The molecule has 0 saturated carbocycles. The Morgan fingerprint density at radius 1 is 0.933 bits per heavy atom. The Morgan fingerprint density at radius 2 is 1.27 bits per heavy atom. The first kappa shape index (κ1) is 15.1. The van der Waals surface area contributed by atoms with Crippen molar-refractivity contribution in [2.45, 2.75) is 65.6 Å². The van der Waals surface area contributed by atoms with Crippen LogP contribution in [0.5, 0.6) is 0 Å². The minimum Gasteiger partial charge on any atom is -0.380 e. The topological polar surface area (TPSA) is 30.5 Å². The third-order valence-corrected chi connectivity index (χ3v) is 4.97. The molecule has 0 rings (SSSR count). The van der Waals surface area contributed by atoms with Crippen molar-refractivity contribution in [3.8, 4) is 0 Å². The smallest absolute Gasteiger partial charge is 0.380 e. The fourth-order valence-corrected chi connectivity index (χ4v) is 2.66. The maximum absolute atomic E-state index is 5.98. The van der Waals surface area contributed by atoms with Crippen molar-refractivity contribution >= 4 is 9.45 Å². The van der Waals surface area contributed by atoms with Gasteiger partial charge in [0, 0.05) is 0 Å². The number of rotatable bonds is 7. The molecule has 0 spiro atoms. The van der Waals surface area contributed by atoms with E-state index in [0.29, 0.717) is 0 Å². The van der Waals surface area contributed by atoms with Gasteiger partial charge in [-0.3, -0.25) is 4.98 Å². The average molecular weight is 233 g/mol. The Labute approximate surface area is 96.5 Å². The van der Waals surface area contributed by atoms with Crippen molar-refractivity contribution in [2.75, 3.05) is 7.05 Å². The van der Waals surface area contributed by atoms with Crippen LogP contribution in [-0.4, -0.2) is 27.7 Å². The maximum atomic E-state index is 5.98. The van der Waals surface area contributed by atoms with E-state index in [0.717, 1.165) is 12.8 Å². The lowest BCUT2D eigenvalue weighted by atomic mass is 10.1. The summed E-state index contributed by atoms with van der Waals surface area (Å²) in [6.45, 7) is 12.7. The fraction of sp³-hybridized carbons (Fsp3) is 1.00. The van der Waals surface area contributed by atoms with Crippen LogP contribution in [0, 0.1) is 0 Å². The molecule has 0 atom stereocenters. The van der Waals surface area contributed by atoms with E-state index >= 15 is 0 Å². The van der Waals surface area contributed by atoms with Crippen LogP contribution in [0.1, 0.15) is 54.4 Å². The lowest BCUT2D eigenvalue weighted by Crippen LogP contribution is -2.48. The molecule has 0 radical (unpaired) electrons. The van der Waals surface area contributed by atoms with Gasteiger partial charge in [-0.05, 0) is 47.6 Å². The number of hydrogen-bond donors (Lipinski definition) is 1. The van der Waals surface area contributed by atoms with Crippen LogP contribution in [0.25, 0.3) is 0 Å². The van der Waals surface area contributed by atoms with Gasteiger partial charge in [-0.25, -0.2) is 0 Å². The van der Waals surface area contributed by atoms with Gasteiger partial charge in [0.2, 0.25) is 0 Å². The lowest BCUT2D eigenvalue weighted by Gasteiger charge is -2.34. The van der Waals surface area contributed by atoms with Gasteiger partial charge in [-0.2, -0.15) is 0 Å². The fourth-order valence-electron chi connectivity index (χ4n) is 0.888. The van der Waals surface area contributed by atoms with E-state index in [1.165, 1.54) is 0 Å². The van der Waals surface area contributed by atoms with Crippen LogP contribution in [0.4, 0.5) is 0 Å². The molecule has 92 valence electrons. The van der Waals surface area contributed by atoms with E-state index in [2.05, 4.69) is 46.5 Å². The monoisotopic (exact) mass is 233 g/mol. The summed E-state index contributed by atoms with van der Waals surface area (Å²) in [5, 5.41) is 0. The Morgan fingerprint density at radius 3 is 1.47 bits per heavy atom. The molecular weight excluding hydrogens is 206 g/mol. The van der Waals surface area contributed by atoms with Gasteiger partial charge in [-0.15, -0.1) is 0 Å². The molecule has 0 aliphatic carbocycles. The molecule has 3 nitrogen and oxygen atoms in total. The first-order chi connectivity index (χ1) is 6.76. The Balaban J connectivity index is 4.27. The normalized spacial score (nSPS) is 13.6. The van der Waals surface area contributed by atoms with Crippen molar-refractivity contribution in [1.29, 1.82) is 0 Å². The van der Waals surface area contributed by atoms with E-state index in [9.17, 15) is 0 Å². The quantitative estimate of drug-likeness (QED) is 0.685. The predicted molar refractivity (Wildman–Crippen MR) is 67.1 cm³/mol. The van der Waals surface area contributed by atoms with E-state index in [1.807, 2.05) is 7.05 Å². The summed E-state index contributed by atoms with van der Waals surface area (Å²) in [6, 6.07) is 0. The van der Waals surface area contributed by atoms with Crippen molar-refractivity contribution in [3.05, 3.63) is 0 Å². The highest BCUT2D eigenvalue weighted by molar-refractivity contribution is 6.41. The molecule has 0 aromatic carbocycles. The number of nitrogens with one attached hydrogen (secondary N) is 1. The highest BCUT2D eigenvalue weighted by Crippen LogP contribution is 2.19. The molecule has 0 aliphatic rings. The van der Waals surface area contributed by atoms with Crippen LogP contribution in [0.2, 0.25) is 0 Å². The van der Waals surface area contributed by atoms with Crippen molar-refractivity contribution < 1.29 is 8.85 Å². The van der Waals surface area contributed by atoms with Crippen LogP contribution in [0.3, 0.4) is 0 Å². The third-order valence-electron chi connectivity index (χ3n) is 2.79. The number of hydrogen-bond acceptors (Lipinski definition) is 3. The summed E-state index contributed by atoms with van der Waals surface area (Å²) >= 11 is 0. The second-order valence-electron chi connectivity index (χ2n) is 5.08. The van der Waals surface area contributed by atoms with E-state index in [4.69, 9.17) is 8.85 Å². The van der Waals surface area contributed by atoms with Gasteiger partial charge >= 0.3 is 9.45 Å². The average Bonchev–Trinajstić information content (AvgIpc) is 2.16. The minimum absolute atomic E-state index is 0.0935. The maximum Gasteiger partial charge on any atom is 0.408 e. The molecule has 0 aromatic rings. The zero-order valence-electron chi connectivity index (χ0n) is 11.3. The van der Waals surface area contributed by atoms with Gasteiger partial charge in [0.15, 0.2) is 0 Å². The molecule has 0 saturated heterocycles. The molecule has 0 unspecified atom stereocenters. The van der Waals surface area contributed by atoms with Gasteiger partial charge in [0.25, 0.3) is 0 Å². The van der Waals surface area contributed by atoms with Gasteiger partial charge in [0.1, 0.15) is 0 Å². The second kappa shape index (κ2) is 5.99. The third kappa shape index (κ3) is 6.30. The van der Waals surface area contributed by atoms with Crippen LogP contribution in [0.15, 0.2) is 0 Å². The van der Waals surface area contributed by atoms with Gasteiger partial charge < -0.3 is 8.85 Å². The molecule has 0 aliphatic heterocycles. The Hall–Kier alpha value is 0.0969.